The number of nitrogens with two attached hydrogens (primary N) is 1. The van der Waals surface area contributed by atoms with Gasteiger partial charge in [-0.05, 0) is 18.6 Å². The van der Waals surface area contributed by atoms with Gasteiger partial charge >= 0.3 is 0 Å². The monoisotopic (exact) mass is 275 g/mol. The van der Waals surface area contributed by atoms with E-state index < -0.39 is 0 Å². The molecule has 1 aromatic carbocycles. The standard InChI is InChI=1S/C10H11BrClNO/c1-6(11)10(14)9-7(5-12)3-2-4-8(9)13/h2-4,6H,5,13H2,1H3. The minimum absolute atomic E-state index is 0.0289. The Kier molecular flexibility index (Phi) is 3.96. The van der Waals surface area contributed by atoms with Crippen LogP contribution in [0.25, 0.3) is 0 Å². The zero-order valence-corrected chi connectivity index (χ0v) is 10.1. The van der Waals surface area contributed by atoms with Crippen molar-refractivity contribution in [2.24, 2.45) is 0 Å². The smallest absolute Gasteiger partial charge is 0.178 e. The van der Waals surface area contributed by atoms with Crippen molar-refractivity contribution in [1.82, 2.24) is 0 Å². The molecule has 2 N–H and O–H groups in total. The molecule has 0 aliphatic heterocycles. The summed E-state index contributed by atoms with van der Waals surface area (Å²) >= 11 is 8.96. The molecule has 0 radical (unpaired) electrons. The van der Waals surface area contributed by atoms with Crippen LogP contribution in [-0.2, 0) is 5.88 Å². The topological polar surface area (TPSA) is 43.1 Å². The fraction of sp³-hybridized carbons (Fsp3) is 0.300. The summed E-state index contributed by atoms with van der Waals surface area (Å²) in [6.07, 6.45) is 0. The molecule has 0 fully saturated rings. The number of nitrogen functional groups attached to an aromatic ring is 1. The van der Waals surface area contributed by atoms with E-state index in [9.17, 15) is 4.79 Å². The van der Waals surface area contributed by atoms with Crippen molar-refractivity contribution in [3.63, 3.8) is 0 Å². The molecule has 0 saturated heterocycles. The lowest BCUT2D eigenvalue weighted by Gasteiger charge is -2.10. The van der Waals surface area contributed by atoms with E-state index in [-0.39, 0.29) is 10.6 Å². The quantitative estimate of drug-likeness (QED) is 0.524. The van der Waals surface area contributed by atoms with Gasteiger partial charge in [-0.25, -0.2) is 0 Å². The molecule has 0 aliphatic carbocycles. The molecule has 76 valence electrons. The van der Waals surface area contributed by atoms with Crippen LogP contribution >= 0.6 is 27.5 Å². The average molecular weight is 277 g/mol. The Balaban J connectivity index is 3.23. The fourth-order valence-corrected chi connectivity index (χ4v) is 1.68. The Morgan fingerprint density at radius 1 is 1.64 bits per heavy atom. The van der Waals surface area contributed by atoms with Crippen molar-refractivity contribution in [2.45, 2.75) is 17.6 Å². The normalized spacial score (nSPS) is 12.5. The van der Waals surface area contributed by atoms with Gasteiger partial charge < -0.3 is 5.73 Å². The minimum Gasteiger partial charge on any atom is -0.398 e. The third-order valence-corrected chi connectivity index (χ3v) is 2.64. The van der Waals surface area contributed by atoms with Crippen LogP contribution in [0.15, 0.2) is 18.2 Å². The summed E-state index contributed by atoms with van der Waals surface area (Å²) < 4.78 is 0. The van der Waals surface area contributed by atoms with Crippen LogP contribution < -0.4 is 5.73 Å². The number of benzene rings is 1. The lowest BCUT2D eigenvalue weighted by Crippen LogP contribution is -2.14. The highest BCUT2D eigenvalue weighted by Gasteiger charge is 2.17. The molecule has 1 aromatic rings. The van der Waals surface area contributed by atoms with Gasteiger partial charge in [0.1, 0.15) is 0 Å². The second-order valence-electron chi connectivity index (χ2n) is 3.00. The van der Waals surface area contributed by atoms with Crippen LogP contribution in [0.5, 0.6) is 0 Å². The Labute approximate surface area is 96.6 Å². The molecule has 14 heavy (non-hydrogen) atoms. The van der Waals surface area contributed by atoms with Gasteiger partial charge in [-0.3, -0.25) is 4.79 Å². The van der Waals surface area contributed by atoms with E-state index in [1.807, 2.05) is 6.07 Å². The SMILES string of the molecule is CC(Br)C(=O)c1c(N)cccc1CCl. The minimum atomic E-state index is -0.242. The summed E-state index contributed by atoms with van der Waals surface area (Å²) in [6.45, 7) is 1.77. The van der Waals surface area contributed by atoms with Gasteiger partial charge in [0.2, 0.25) is 0 Å². The molecular weight excluding hydrogens is 265 g/mol. The Bertz CT molecular complexity index is 352. The van der Waals surface area contributed by atoms with E-state index in [0.29, 0.717) is 17.1 Å². The summed E-state index contributed by atoms with van der Waals surface area (Å²) in [5, 5.41) is 0. The summed E-state index contributed by atoms with van der Waals surface area (Å²) in [5.41, 5.74) is 7.54. The van der Waals surface area contributed by atoms with Crippen molar-refractivity contribution in [3.8, 4) is 0 Å². The zero-order valence-electron chi connectivity index (χ0n) is 7.76. The third-order valence-electron chi connectivity index (χ3n) is 1.93. The van der Waals surface area contributed by atoms with Crippen LogP contribution in [0.3, 0.4) is 0 Å². The molecule has 0 bridgehead atoms. The van der Waals surface area contributed by atoms with Gasteiger partial charge in [-0.15, -0.1) is 11.6 Å². The van der Waals surface area contributed by atoms with E-state index in [1.54, 1.807) is 19.1 Å². The molecule has 0 saturated carbocycles. The molecule has 1 atom stereocenters. The maximum absolute atomic E-state index is 11.8. The number of rotatable bonds is 3. The zero-order chi connectivity index (χ0) is 10.7. The molecule has 1 rings (SSSR count). The molecule has 1 unspecified atom stereocenters. The van der Waals surface area contributed by atoms with Crippen molar-refractivity contribution in [1.29, 1.82) is 0 Å². The van der Waals surface area contributed by atoms with Crippen LogP contribution in [0, 0.1) is 0 Å². The van der Waals surface area contributed by atoms with Crippen LogP contribution in [0.4, 0.5) is 5.69 Å². The Morgan fingerprint density at radius 2 is 2.29 bits per heavy atom. The predicted molar refractivity (Wildman–Crippen MR) is 63.1 cm³/mol. The highest BCUT2D eigenvalue weighted by atomic mass is 79.9. The molecule has 0 aromatic heterocycles. The molecule has 4 heteroatoms. The molecule has 2 nitrogen and oxygen atoms in total. The first kappa shape index (κ1) is 11.5. The maximum Gasteiger partial charge on any atom is 0.178 e. The molecule has 0 heterocycles. The van der Waals surface area contributed by atoms with Crippen molar-refractivity contribution < 1.29 is 4.79 Å². The average Bonchev–Trinajstić information content (AvgIpc) is 2.16. The Hall–Kier alpha value is -0.540. The molecule has 0 amide bonds. The van der Waals surface area contributed by atoms with Crippen molar-refractivity contribution in [2.75, 3.05) is 5.73 Å². The number of anilines is 1. The van der Waals surface area contributed by atoms with E-state index in [2.05, 4.69) is 15.9 Å². The van der Waals surface area contributed by atoms with E-state index in [1.165, 1.54) is 0 Å². The summed E-state index contributed by atoms with van der Waals surface area (Å²) in [7, 11) is 0. The number of hydrogen-bond donors (Lipinski definition) is 1. The summed E-state index contributed by atoms with van der Waals surface area (Å²) in [5.74, 6) is 0.269. The Morgan fingerprint density at radius 3 is 2.79 bits per heavy atom. The predicted octanol–water partition coefficient (Wildman–Crippen LogP) is 2.97. The summed E-state index contributed by atoms with van der Waals surface area (Å²) in [4.78, 5) is 11.5. The van der Waals surface area contributed by atoms with Gasteiger partial charge in [0, 0.05) is 17.1 Å². The lowest BCUT2D eigenvalue weighted by molar-refractivity contribution is 0.0996. The van der Waals surface area contributed by atoms with Crippen molar-refractivity contribution in [3.05, 3.63) is 29.3 Å². The van der Waals surface area contributed by atoms with Crippen molar-refractivity contribution >= 4 is 39.0 Å². The number of ketones is 1. The van der Waals surface area contributed by atoms with Gasteiger partial charge in [-0.1, -0.05) is 28.1 Å². The van der Waals surface area contributed by atoms with E-state index in [0.717, 1.165) is 5.56 Å². The second-order valence-corrected chi connectivity index (χ2v) is 4.64. The first-order valence-corrected chi connectivity index (χ1v) is 5.64. The maximum atomic E-state index is 11.8. The fourth-order valence-electron chi connectivity index (χ4n) is 1.23. The van der Waals surface area contributed by atoms with Gasteiger partial charge in [-0.2, -0.15) is 0 Å². The number of hydrogen-bond acceptors (Lipinski definition) is 2. The third kappa shape index (κ3) is 2.28. The lowest BCUT2D eigenvalue weighted by atomic mass is 10.0. The number of Topliss-reactive ketones (excluding diaryl/α,β-unsaturated/α-hetero) is 1. The van der Waals surface area contributed by atoms with Gasteiger partial charge in [0.15, 0.2) is 5.78 Å². The summed E-state index contributed by atoms with van der Waals surface area (Å²) in [6, 6.07) is 5.31. The number of carbonyl (C=O) groups excluding carboxylic acids is 1. The highest BCUT2D eigenvalue weighted by molar-refractivity contribution is 9.10. The van der Waals surface area contributed by atoms with E-state index >= 15 is 0 Å². The first-order valence-electron chi connectivity index (χ1n) is 4.19. The molecule has 0 spiro atoms. The van der Waals surface area contributed by atoms with Gasteiger partial charge in [0.05, 0.1) is 4.83 Å². The van der Waals surface area contributed by atoms with Crippen LogP contribution in [0.2, 0.25) is 0 Å². The second kappa shape index (κ2) is 4.80. The number of alkyl halides is 2. The number of halogens is 2. The van der Waals surface area contributed by atoms with Crippen LogP contribution in [0.1, 0.15) is 22.8 Å². The first-order chi connectivity index (χ1) is 6.57. The number of carbonyl (C=O) groups is 1. The molecular formula is C10H11BrClNO. The molecule has 0 aliphatic rings. The highest BCUT2D eigenvalue weighted by Crippen LogP contribution is 2.22. The van der Waals surface area contributed by atoms with Gasteiger partial charge in [0.25, 0.3) is 0 Å². The van der Waals surface area contributed by atoms with Crippen LogP contribution in [-0.4, -0.2) is 10.6 Å². The largest absolute Gasteiger partial charge is 0.398 e. The van der Waals surface area contributed by atoms with E-state index in [4.69, 9.17) is 17.3 Å².